The maximum absolute atomic E-state index is 12.6. The molecule has 3 heterocycles. The van der Waals surface area contributed by atoms with Crippen molar-refractivity contribution >= 4 is 5.97 Å². The van der Waals surface area contributed by atoms with Crippen LogP contribution in [0.5, 0.6) is 0 Å². The van der Waals surface area contributed by atoms with Crippen molar-refractivity contribution in [3.8, 4) is 0 Å². The molecule has 12 N–H and O–H groups in total. The first-order valence-corrected chi connectivity index (χ1v) is 18.9. The van der Waals surface area contributed by atoms with Gasteiger partial charge in [-0.15, -0.1) is 6.58 Å². The summed E-state index contributed by atoms with van der Waals surface area (Å²) in [5.41, 5.74) is 0.778. The fourth-order valence-corrected chi connectivity index (χ4v) is 6.55. The van der Waals surface area contributed by atoms with E-state index in [9.17, 15) is 66.1 Å². The number of aliphatic hydroxyl groups excluding tert-OH is 12. The van der Waals surface area contributed by atoms with Gasteiger partial charge in [0, 0.05) is 5.57 Å². The summed E-state index contributed by atoms with van der Waals surface area (Å²) in [6, 6.07) is 0. The van der Waals surface area contributed by atoms with Gasteiger partial charge in [0.15, 0.2) is 12.6 Å². The molecule has 0 spiro atoms. The van der Waals surface area contributed by atoms with E-state index in [2.05, 4.69) is 6.58 Å². The predicted octanol–water partition coefficient (Wildman–Crippen LogP) is -2.93. The summed E-state index contributed by atoms with van der Waals surface area (Å²) >= 11 is 0. The topological polar surface area (TPSA) is 315 Å². The molecule has 3 saturated heterocycles. The molecule has 0 saturated carbocycles. The molecule has 0 bridgehead atoms. The van der Waals surface area contributed by atoms with Crippen LogP contribution in [0.2, 0.25) is 0 Å². The van der Waals surface area contributed by atoms with Gasteiger partial charge in [-0.3, -0.25) is 0 Å². The van der Waals surface area contributed by atoms with Crippen LogP contribution in [0, 0.1) is 0 Å². The highest BCUT2D eigenvalue weighted by molar-refractivity contribution is 5.87. The number of hydrogen-bond acceptors (Lipinski definition) is 19. The van der Waals surface area contributed by atoms with Crippen LogP contribution >= 0.6 is 0 Å². The summed E-state index contributed by atoms with van der Waals surface area (Å²) in [6.07, 6.45) is -15.7. The Morgan fingerprint density at radius 1 is 0.702 bits per heavy atom. The van der Waals surface area contributed by atoms with E-state index in [0.29, 0.717) is 25.7 Å². The van der Waals surface area contributed by atoms with Gasteiger partial charge in [0.25, 0.3) is 0 Å². The number of aliphatic hydroxyl groups is 12. The van der Waals surface area contributed by atoms with Crippen LogP contribution in [0.4, 0.5) is 0 Å². The lowest BCUT2D eigenvalue weighted by molar-refractivity contribution is -0.375. The molecule has 0 aliphatic carbocycles. The molecular formula is C38H62O19. The van der Waals surface area contributed by atoms with Crippen LogP contribution < -0.4 is 0 Å². The Morgan fingerprint density at radius 2 is 1.19 bits per heavy atom. The van der Waals surface area contributed by atoms with Crippen molar-refractivity contribution in [1.82, 2.24) is 0 Å². The zero-order chi connectivity index (χ0) is 42.8. The van der Waals surface area contributed by atoms with Crippen molar-refractivity contribution in [3.05, 3.63) is 47.6 Å². The van der Waals surface area contributed by atoms with Gasteiger partial charge in [-0.05, 0) is 65.9 Å². The fraction of sp³-hybridized carbons (Fsp3) is 0.763. The molecule has 0 aromatic heterocycles. The minimum absolute atomic E-state index is 0.00965. The maximum atomic E-state index is 12.6. The Morgan fingerprint density at radius 3 is 1.74 bits per heavy atom. The summed E-state index contributed by atoms with van der Waals surface area (Å²) in [5.74, 6) is -0.933. The molecule has 19 nitrogen and oxygen atoms in total. The lowest BCUT2D eigenvalue weighted by Gasteiger charge is -2.47. The van der Waals surface area contributed by atoms with Gasteiger partial charge in [0.1, 0.15) is 73.2 Å². The van der Waals surface area contributed by atoms with Gasteiger partial charge >= 0.3 is 5.97 Å². The molecule has 3 aliphatic heterocycles. The predicted molar refractivity (Wildman–Crippen MR) is 196 cm³/mol. The third kappa shape index (κ3) is 13.1. The van der Waals surface area contributed by atoms with E-state index >= 15 is 0 Å². The molecule has 3 aliphatic rings. The molecule has 328 valence electrons. The monoisotopic (exact) mass is 822 g/mol. The Hall–Kier alpha value is -2.25. The zero-order valence-electron chi connectivity index (χ0n) is 32.6. The Balaban J connectivity index is 1.54. The standard InChI is InChI=1S/C38H62O19/c1-6-38(5,57-37-33(30(48)27(45)24(17-41)54-37)55-35-31(49)28(46)25(43)22(15-39)52-35)12-8-11-18(2)9-7-10-19(3)13-21(42)14-20(4)34(51)56-36-32(50)29(47)26(44)23(16-40)53-36/h6,10-11,14,21-33,35-37,39-50H,1,7-9,12-13,15-17H2,2-5H3/b18-11+,19-10+,20-14+/t21-,22-,23-,24-,25-,26-,27-,28+,29+,30+,31-,32-,33-,35+,36+,37+,38-/m1/s1. The number of allylic oxidation sites excluding steroid dienone is 3. The number of rotatable bonds is 19. The van der Waals surface area contributed by atoms with Crippen molar-refractivity contribution in [3.63, 3.8) is 0 Å². The van der Waals surface area contributed by atoms with Crippen molar-refractivity contribution in [1.29, 1.82) is 0 Å². The van der Waals surface area contributed by atoms with Gasteiger partial charge in [-0.2, -0.15) is 0 Å². The van der Waals surface area contributed by atoms with Crippen LogP contribution in [0.25, 0.3) is 0 Å². The van der Waals surface area contributed by atoms with E-state index in [0.717, 1.165) is 11.1 Å². The van der Waals surface area contributed by atoms with Crippen molar-refractivity contribution < 1.29 is 94.5 Å². The first-order valence-electron chi connectivity index (χ1n) is 18.9. The molecule has 17 atom stereocenters. The van der Waals surface area contributed by atoms with Crippen molar-refractivity contribution in [2.45, 2.75) is 164 Å². The van der Waals surface area contributed by atoms with E-state index in [1.807, 2.05) is 26.0 Å². The van der Waals surface area contributed by atoms with Gasteiger partial charge in [0.05, 0.1) is 31.5 Å². The van der Waals surface area contributed by atoms with Gasteiger partial charge in [-0.1, -0.05) is 29.4 Å². The van der Waals surface area contributed by atoms with Gasteiger partial charge in [-0.25, -0.2) is 4.79 Å². The Bertz CT molecular complexity index is 1370. The molecule has 0 amide bonds. The third-order valence-electron chi connectivity index (χ3n) is 10.3. The lowest BCUT2D eigenvalue weighted by Crippen LogP contribution is -2.65. The van der Waals surface area contributed by atoms with E-state index in [4.69, 9.17) is 28.4 Å². The van der Waals surface area contributed by atoms with Crippen LogP contribution in [-0.2, 0) is 33.2 Å². The van der Waals surface area contributed by atoms with Crippen LogP contribution in [0.3, 0.4) is 0 Å². The molecule has 0 aromatic rings. The van der Waals surface area contributed by atoms with Gasteiger partial charge < -0.3 is 89.7 Å². The van der Waals surface area contributed by atoms with E-state index in [1.165, 1.54) is 19.1 Å². The quantitative estimate of drug-likeness (QED) is 0.0352. The number of esters is 1. The van der Waals surface area contributed by atoms with Crippen LogP contribution in [-0.4, -0.2) is 191 Å². The maximum Gasteiger partial charge on any atom is 0.335 e. The summed E-state index contributed by atoms with van der Waals surface area (Å²) in [5, 5.41) is 121. The molecule has 3 fully saturated rings. The smallest absolute Gasteiger partial charge is 0.335 e. The average molecular weight is 823 g/mol. The normalized spacial score (nSPS) is 38.7. The summed E-state index contributed by atoms with van der Waals surface area (Å²) in [4.78, 5) is 12.6. The first-order chi connectivity index (χ1) is 26.8. The highest BCUT2D eigenvalue weighted by Gasteiger charge is 2.52. The highest BCUT2D eigenvalue weighted by atomic mass is 16.8. The van der Waals surface area contributed by atoms with E-state index in [-0.39, 0.29) is 12.0 Å². The van der Waals surface area contributed by atoms with E-state index < -0.39 is 130 Å². The second kappa shape index (κ2) is 22.4. The van der Waals surface area contributed by atoms with Crippen molar-refractivity contribution in [2.24, 2.45) is 0 Å². The molecule has 0 radical (unpaired) electrons. The molecule has 0 unspecified atom stereocenters. The second-order valence-corrected chi connectivity index (χ2v) is 15.0. The highest BCUT2D eigenvalue weighted by Crippen LogP contribution is 2.33. The number of carbonyl (C=O) groups excluding carboxylic acids is 1. The molecule has 3 rings (SSSR count). The average Bonchev–Trinajstić information content (AvgIpc) is 3.17. The Kier molecular flexibility index (Phi) is 19.3. The third-order valence-corrected chi connectivity index (χ3v) is 10.3. The summed E-state index contributed by atoms with van der Waals surface area (Å²) in [6.45, 7) is 8.64. The summed E-state index contributed by atoms with van der Waals surface area (Å²) < 4.78 is 33.4. The molecule has 19 heteroatoms. The number of ether oxygens (including phenoxy) is 6. The number of carbonyl (C=O) groups is 1. The second-order valence-electron chi connectivity index (χ2n) is 15.0. The Labute approximate surface area is 331 Å². The van der Waals surface area contributed by atoms with Crippen molar-refractivity contribution in [2.75, 3.05) is 19.8 Å². The largest absolute Gasteiger partial charge is 0.429 e. The molecule has 57 heavy (non-hydrogen) atoms. The van der Waals surface area contributed by atoms with E-state index in [1.54, 1.807) is 6.92 Å². The lowest BCUT2D eigenvalue weighted by atomic mass is 9.95. The minimum atomic E-state index is -1.81. The van der Waals surface area contributed by atoms with Gasteiger partial charge in [0.2, 0.25) is 6.29 Å². The molecular weight excluding hydrogens is 760 g/mol. The van der Waals surface area contributed by atoms with Crippen LogP contribution in [0.1, 0.15) is 59.8 Å². The fourth-order valence-electron chi connectivity index (χ4n) is 6.55. The van der Waals surface area contributed by atoms with Crippen LogP contribution in [0.15, 0.2) is 47.6 Å². The molecule has 0 aromatic carbocycles. The summed E-state index contributed by atoms with van der Waals surface area (Å²) in [7, 11) is 0. The number of hydrogen-bond donors (Lipinski definition) is 12. The SMILES string of the molecule is C=C[C@](C)(CC/C=C(\C)CC/C=C(\C)C[C@@H](O)/C=C(\C)C(=O)O[C@@H]1O[C@H](CO)[C@@H](O)[C@H](O)[C@H]1O)O[C@@H]1O[C@H](CO)[C@@H](O)[C@H](O)[C@H]1O[C@@H]1O[C@H](CO)[C@@H](O)[C@H](O)[C@H]1O. The first kappa shape index (κ1) is 49.1. The zero-order valence-corrected chi connectivity index (χ0v) is 32.6. The minimum Gasteiger partial charge on any atom is -0.429 e.